The average molecular weight is 268 g/mol. The van der Waals surface area contributed by atoms with E-state index in [1.54, 1.807) is 0 Å². The molecule has 19 heavy (non-hydrogen) atoms. The predicted molar refractivity (Wildman–Crippen MR) is 80.4 cm³/mol. The molecule has 0 saturated carbocycles. The Morgan fingerprint density at radius 1 is 1.16 bits per heavy atom. The molecule has 3 nitrogen and oxygen atoms in total. The second-order valence-corrected chi connectivity index (χ2v) is 7.01. The van der Waals surface area contributed by atoms with Gasteiger partial charge in [0.15, 0.2) is 0 Å². The number of hydrogen-bond acceptors (Lipinski definition) is 3. The van der Waals surface area contributed by atoms with Crippen molar-refractivity contribution in [1.29, 1.82) is 0 Å². The minimum absolute atomic E-state index is 0.473. The van der Waals surface area contributed by atoms with Crippen LogP contribution in [0.25, 0.3) is 0 Å². The number of piperazine rings is 1. The summed E-state index contributed by atoms with van der Waals surface area (Å²) in [6, 6.07) is 1.30. The lowest BCUT2D eigenvalue weighted by Crippen LogP contribution is -2.61. The van der Waals surface area contributed by atoms with Crippen LogP contribution in [0.4, 0.5) is 0 Å². The molecule has 0 aromatic carbocycles. The first kappa shape index (κ1) is 15.3. The molecule has 0 aromatic heterocycles. The van der Waals surface area contributed by atoms with Gasteiger partial charge in [-0.25, -0.2) is 0 Å². The van der Waals surface area contributed by atoms with E-state index in [0.29, 0.717) is 30.0 Å². The molecule has 2 aliphatic heterocycles. The summed E-state index contributed by atoms with van der Waals surface area (Å²) in [6.07, 6.45) is 4.32. The average Bonchev–Trinajstić information content (AvgIpc) is 2.39. The van der Waals surface area contributed by atoms with Crippen molar-refractivity contribution >= 4 is 0 Å². The Bertz CT molecular complexity index is 261. The summed E-state index contributed by atoms with van der Waals surface area (Å²) in [5.74, 6) is 1.42. The highest BCUT2D eigenvalue weighted by Gasteiger charge is 2.32. The monoisotopic (exact) mass is 268 g/mol. The van der Waals surface area contributed by atoms with Gasteiger partial charge in [-0.1, -0.05) is 27.7 Å². The Morgan fingerprint density at radius 3 is 2.53 bits per heavy atom. The van der Waals surface area contributed by atoms with Gasteiger partial charge in [-0.05, 0) is 31.1 Å². The van der Waals surface area contributed by atoms with E-state index < -0.39 is 0 Å². The zero-order chi connectivity index (χ0) is 13.8. The first-order chi connectivity index (χ1) is 9.08. The maximum atomic E-state index is 5.94. The van der Waals surface area contributed by atoms with Crippen LogP contribution in [0.3, 0.4) is 0 Å². The van der Waals surface area contributed by atoms with Gasteiger partial charge in [0.25, 0.3) is 0 Å². The molecule has 0 spiro atoms. The van der Waals surface area contributed by atoms with Crippen molar-refractivity contribution in [3.05, 3.63) is 0 Å². The van der Waals surface area contributed by atoms with E-state index >= 15 is 0 Å². The second kappa shape index (κ2) is 7.05. The third-order valence-corrected chi connectivity index (χ3v) is 4.78. The minimum Gasteiger partial charge on any atom is -0.377 e. The summed E-state index contributed by atoms with van der Waals surface area (Å²) < 4.78 is 5.94. The highest BCUT2D eigenvalue weighted by Crippen LogP contribution is 2.21. The molecule has 3 unspecified atom stereocenters. The highest BCUT2D eigenvalue weighted by molar-refractivity contribution is 4.90. The predicted octanol–water partition coefficient (Wildman–Crippen LogP) is 2.51. The topological polar surface area (TPSA) is 24.5 Å². The molecule has 0 aliphatic carbocycles. The smallest absolute Gasteiger partial charge is 0.0702 e. The fourth-order valence-electron chi connectivity index (χ4n) is 3.38. The molecule has 1 N–H and O–H groups in total. The summed E-state index contributed by atoms with van der Waals surface area (Å²) in [5, 5.41) is 3.73. The molecule has 0 bridgehead atoms. The lowest BCUT2D eigenvalue weighted by atomic mass is 9.93. The van der Waals surface area contributed by atoms with Crippen molar-refractivity contribution in [3.8, 4) is 0 Å². The number of hydrogen-bond donors (Lipinski definition) is 1. The van der Waals surface area contributed by atoms with E-state index in [9.17, 15) is 0 Å². The zero-order valence-electron chi connectivity index (χ0n) is 13.2. The molecule has 2 heterocycles. The molecular formula is C16H32N2O. The minimum atomic E-state index is 0.473. The van der Waals surface area contributed by atoms with Crippen LogP contribution in [-0.4, -0.2) is 49.3 Å². The molecule has 0 amide bonds. The summed E-state index contributed by atoms with van der Waals surface area (Å²) in [7, 11) is 0. The van der Waals surface area contributed by atoms with Crippen LogP contribution < -0.4 is 5.32 Å². The summed E-state index contributed by atoms with van der Waals surface area (Å²) in [5.41, 5.74) is 0. The van der Waals surface area contributed by atoms with Crippen molar-refractivity contribution in [2.45, 2.75) is 65.1 Å². The van der Waals surface area contributed by atoms with Crippen molar-refractivity contribution in [1.82, 2.24) is 10.2 Å². The molecule has 2 fully saturated rings. The van der Waals surface area contributed by atoms with Crippen molar-refractivity contribution in [2.75, 3.05) is 26.2 Å². The molecule has 0 aromatic rings. The van der Waals surface area contributed by atoms with Gasteiger partial charge < -0.3 is 10.1 Å². The fraction of sp³-hybridized carbons (Fsp3) is 1.00. The van der Waals surface area contributed by atoms with Gasteiger partial charge in [0.1, 0.15) is 0 Å². The van der Waals surface area contributed by atoms with Crippen molar-refractivity contribution in [2.24, 2.45) is 11.8 Å². The number of nitrogens with one attached hydrogen (secondary N) is 1. The van der Waals surface area contributed by atoms with Gasteiger partial charge in [-0.3, -0.25) is 4.90 Å². The van der Waals surface area contributed by atoms with Crippen LogP contribution in [0, 0.1) is 11.8 Å². The van der Waals surface area contributed by atoms with Gasteiger partial charge in [0.05, 0.1) is 6.10 Å². The standard InChI is InChI=1S/C16H32N2O/c1-12(2)15-11-18(16(9-17-15)13(3)4)10-14-7-5-6-8-19-14/h12-17H,5-11H2,1-4H3. The number of nitrogens with zero attached hydrogens (tertiary/aromatic N) is 1. The largest absolute Gasteiger partial charge is 0.377 e. The van der Waals surface area contributed by atoms with Gasteiger partial charge in [-0.2, -0.15) is 0 Å². The summed E-state index contributed by atoms with van der Waals surface area (Å²) in [4.78, 5) is 2.70. The van der Waals surface area contributed by atoms with Crippen molar-refractivity contribution in [3.63, 3.8) is 0 Å². The Labute approximate surface area is 119 Å². The van der Waals surface area contributed by atoms with Crippen LogP contribution in [0.5, 0.6) is 0 Å². The van der Waals surface area contributed by atoms with E-state index in [2.05, 4.69) is 37.9 Å². The summed E-state index contributed by atoms with van der Waals surface area (Å²) >= 11 is 0. The fourth-order valence-corrected chi connectivity index (χ4v) is 3.38. The maximum Gasteiger partial charge on any atom is 0.0702 e. The highest BCUT2D eigenvalue weighted by atomic mass is 16.5. The Balaban J connectivity index is 1.94. The van der Waals surface area contributed by atoms with E-state index in [0.717, 1.165) is 19.7 Å². The number of ether oxygens (including phenoxy) is 1. The molecule has 2 rings (SSSR count). The molecule has 3 heteroatoms. The SMILES string of the molecule is CC(C)C1CN(CC2CCCCO2)C(C(C)C)CN1. The van der Waals surface area contributed by atoms with Crippen LogP contribution in [0.1, 0.15) is 47.0 Å². The summed E-state index contributed by atoms with van der Waals surface area (Å²) in [6.45, 7) is 13.7. The van der Waals surface area contributed by atoms with Crippen LogP contribution >= 0.6 is 0 Å². The molecule has 2 saturated heterocycles. The second-order valence-electron chi connectivity index (χ2n) is 7.01. The zero-order valence-corrected chi connectivity index (χ0v) is 13.2. The molecule has 112 valence electrons. The van der Waals surface area contributed by atoms with Gasteiger partial charge in [0.2, 0.25) is 0 Å². The van der Waals surface area contributed by atoms with Crippen LogP contribution in [-0.2, 0) is 4.74 Å². The molecule has 0 radical (unpaired) electrons. The van der Waals surface area contributed by atoms with E-state index in [1.807, 2.05) is 0 Å². The lowest BCUT2D eigenvalue weighted by molar-refractivity contribution is -0.0290. The lowest BCUT2D eigenvalue weighted by Gasteiger charge is -2.45. The van der Waals surface area contributed by atoms with E-state index in [1.165, 1.54) is 25.8 Å². The van der Waals surface area contributed by atoms with Gasteiger partial charge >= 0.3 is 0 Å². The van der Waals surface area contributed by atoms with Crippen molar-refractivity contribution < 1.29 is 4.74 Å². The Hall–Kier alpha value is -0.120. The maximum absolute atomic E-state index is 5.94. The third kappa shape index (κ3) is 4.17. The number of rotatable bonds is 4. The van der Waals surface area contributed by atoms with E-state index in [4.69, 9.17) is 4.74 Å². The third-order valence-electron chi connectivity index (χ3n) is 4.78. The van der Waals surface area contributed by atoms with Gasteiger partial charge in [0, 0.05) is 38.3 Å². The van der Waals surface area contributed by atoms with Gasteiger partial charge in [-0.15, -0.1) is 0 Å². The van der Waals surface area contributed by atoms with Crippen LogP contribution in [0.2, 0.25) is 0 Å². The normalized spacial score (nSPS) is 34.1. The Kier molecular flexibility index (Phi) is 5.67. The Morgan fingerprint density at radius 2 is 1.95 bits per heavy atom. The first-order valence-corrected chi connectivity index (χ1v) is 8.17. The van der Waals surface area contributed by atoms with E-state index in [-0.39, 0.29) is 0 Å². The van der Waals surface area contributed by atoms with Crippen LogP contribution in [0.15, 0.2) is 0 Å². The first-order valence-electron chi connectivity index (χ1n) is 8.17. The molecule has 2 aliphatic rings. The molecular weight excluding hydrogens is 236 g/mol. The quantitative estimate of drug-likeness (QED) is 0.848. The molecule has 3 atom stereocenters.